The number of rotatable bonds is 15. The standard InChI is InChI=1S/C46H46O15/c1-4-25-52-37-35-34(27-54-44(60-35)32-23-15-8-16-24-32)57-46(39(37)55-28(2)47)61-40-38(59-43(50)31-21-13-7-14-22-31)36(58-42(49)30-19-11-6-12-20-30)33(56-45(40)51-3)26-53-41(48)29-17-9-5-10-18-29/h4-24,33-40,44-46H,1,25-27H2,2-3H3/t33-,34-,35+,36-,37+,38+,39-,40-,44?,45+,46-/m1/s1. The Morgan fingerprint density at radius 3 is 1.75 bits per heavy atom. The highest BCUT2D eigenvalue weighted by Gasteiger charge is 2.57. The zero-order chi connectivity index (χ0) is 42.7. The van der Waals surface area contributed by atoms with Gasteiger partial charge in [-0.1, -0.05) is 91.0 Å². The van der Waals surface area contributed by atoms with Crippen molar-refractivity contribution in [1.29, 1.82) is 0 Å². The highest BCUT2D eigenvalue weighted by atomic mass is 16.8. The number of esters is 4. The first kappa shape index (κ1) is 43.3. The molecule has 3 saturated heterocycles. The third kappa shape index (κ3) is 10.6. The van der Waals surface area contributed by atoms with Crippen LogP contribution in [0.15, 0.2) is 134 Å². The molecule has 1 unspecified atom stereocenters. The van der Waals surface area contributed by atoms with Crippen LogP contribution in [0.3, 0.4) is 0 Å². The molecule has 320 valence electrons. The monoisotopic (exact) mass is 838 g/mol. The Kier molecular flexibility index (Phi) is 14.7. The second-order valence-corrected chi connectivity index (χ2v) is 14.2. The number of ether oxygens (including phenoxy) is 11. The number of carbonyl (C=O) groups excluding carboxylic acids is 4. The minimum absolute atomic E-state index is 0.0122. The molecule has 4 aromatic rings. The van der Waals surface area contributed by atoms with Crippen LogP contribution in [-0.4, -0.2) is 112 Å². The van der Waals surface area contributed by atoms with Crippen molar-refractivity contribution in [2.24, 2.45) is 0 Å². The molecule has 4 aromatic carbocycles. The first-order valence-corrected chi connectivity index (χ1v) is 19.7. The molecule has 3 heterocycles. The van der Waals surface area contributed by atoms with Crippen molar-refractivity contribution in [3.8, 4) is 0 Å². The minimum atomic E-state index is -1.53. The van der Waals surface area contributed by atoms with E-state index in [0.717, 1.165) is 5.56 Å². The lowest BCUT2D eigenvalue weighted by Gasteiger charge is -2.50. The van der Waals surface area contributed by atoms with Gasteiger partial charge in [-0.2, -0.15) is 0 Å². The number of hydrogen-bond acceptors (Lipinski definition) is 15. The van der Waals surface area contributed by atoms with Gasteiger partial charge in [0, 0.05) is 19.6 Å². The number of fused-ring (bicyclic) bond motifs is 1. The van der Waals surface area contributed by atoms with E-state index in [-0.39, 0.29) is 29.9 Å². The van der Waals surface area contributed by atoms with E-state index in [1.165, 1.54) is 20.1 Å². The summed E-state index contributed by atoms with van der Waals surface area (Å²) < 4.78 is 68.0. The summed E-state index contributed by atoms with van der Waals surface area (Å²) in [5.74, 6) is -2.99. The maximum atomic E-state index is 14.0. The van der Waals surface area contributed by atoms with Crippen molar-refractivity contribution >= 4 is 23.9 Å². The van der Waals surface area contributed by atoms with E-state index in [1.807, 2.05) is 30.3 Å². The van der Waals surface area contributed by atoms with Crippen LogP contribution in [0, 0.1) is 0 Å². The number of hydrogen-bond donors (Lipinski definition) is 0. The molecule has 15 nitrogen and oxygen atoms in total. The fourth-order valence-corrected chi connectivity index (χ4v) is 7.25. The average Bonchev–Trinajstić information content (AvgIpc) is 3.30. The Labute approximate surface area is 352 Å². The highest BCUT2D eigenvalue weighted by Crippen LogP contribution is 2.39. The molecule has 0 saturated carbocycles. The fraction of sp³-hybridized carbons (Fsp3) is 0.348. The van der Waals surface area contributed by atoms with Gasteiger partial charge >= 0.3 is 23.9 Å². The minimum Gasteiger partial charge on any atom is -0.459 e. The third-order valence-corrected chi connectivity index (χ3v) is 10.1. The van der Waals surface area contributed by atoms with Gasteiger partial charge in [-0.25, -0.2) is 14.4 Å². The van der Waals surface area contributed by atoms with Crippen LogP contribution >= 0.6 is 0 Å². The highest BCUT2D eigenvalue weighted by molar-refractivity contribution is 5.91. The summed E-state index contributed by atoms with van der Waals surface area (Å²) in [6.45, 7) is 4.58. The lowest BCUT2D eigenvalue weighted by molar-refractivity contribution is -0.391. The SMILES string of the molecule is C=CCO[C@H]1[C@H]2OC(c3ccccc3)OC[C@H]2O[C@H](O[C@H]2[C@@H](OC)O[C@H](COC(=O)c3ccccc3)[C@@H](OC(=O)c3ccccc3)[C@@H]2OC(=O)c2ccccc2)[C@@H]1OC(C)=O. The van der Waals surface area contributed by atoms with Crippen molar-refractivity contribution in [2.45, 2.75) is 74.6 Å². The summed E-state index contributed by atoms with van der Waals surface area (Å²) in [5.41, 5.74) is 1.35. The van der Waals surface area contributed by atoms with Gasteiger partial charge in [-0.05, 0) is 36.4 Å². The Balaban J connectivity index is 1.25. The van der Waals surface area contributed by atoms with E-state index in [1.54, 1.807) is 91.0 Å². The van der Waals surface area contributed by atoms with Crippen LogP contribution < -0.4 is 0 Å². The summed E-state index contributed by atoms with van der Waals surface area (Å²) in [5, 5.41) is 0. The van der Waals surface area contributed by atoms with Gasteiger partial charge in [-0.15, -0.1) is 6.58 Å². The average molecular weight is 839 g/mol. The predicted octanol–water partition coefficient (Wildman–Crippen LogP) is 5.39. The van der Waals surface area contributed by atoms with E-state index in [9.17, 15) is 19.2 Å². The predicted molar refractivity (Wildman–Crippen MR) is 213 cm³/mol. The van der Waals surface area contributed by atoms with Gasteiger partial charge in [0.05, 0.1) is 29.9 Å². The first-order chi connectivity index (χ1) is 29.7. The number of methoxy groups -OCH3 is 1. The summed E-state index contributed by atoms with van der Waals surface area (Å²) in [7, 11) is 1.32. The second kappa shape index (κ2) is 20.7. The van der Waals surface area contributed by atoms with E-state index in [2.05, 4.69) is 6.58 Å². The molecule has 7 rings (SSSR count). The van der Waals surface area contributed by atoms with Crippen molar-refractivity contribution in [3.05, 3.63) is 156 Å². The molecule has 3 aliphatic rings. The van der Waals surface area contributed by atoms with Crippen molar-refractivity contribution < 1.29 is 71.3 Å². The van der Waals surface area contributed by atoms with Gasteiger partial charge in [0.25, 0.3) is 0 Å². The largest absolute Gasteiger partial charge is 0.459 e. The molecule has 0 aliphatic carbocycles. The topological polar surface area (TPSA) is 170 Å². The molecule has 3 fully saturated rings. The van der Waals surface area contributed by atoms with E-state index in [4.69, 9.17) is 52.1 Å². The van der Waals surface area contributed by atoms with Crippen molar-refractivity contribution in [2.75, 3.05) is 26.9 Å². The zero-order valence-electron chi connectivity index (χ0n) is 33.4. The molecule has 0 N–H and O–H groups in total. The third-order valence-electron chi connectivity index (χ3n) is 10.1. The molecule has 61 heavy (non-hydrogen) atoms. The zero-order valence-corrected chi connectivity index (χ0v) is 33.4. The molecule has 3 aliphatic heterocycles. The number of carbonyl (C=O) groups is 4. The maximum absolute atomic E-state index is 14.0. The van der Waals surface area contributed by atoms with E-state index >= 15 is 0 Å². The summed E-state index contributed by atoms with van der Waals surface area (Å²) in [4.78, 5) is 53.8. The summed E-state index contributed by atoms with van der Waals surface area (Å²) >= 11 is 0. The molecule has 11 atom stereocenters. The van der Waals surface area contributed by atoms with Crippen molar-refractivity contribution in [1.82, 2.24) is 0 Å². The van der Waals surface area contributed by atoms with Crippen LogP contribution in [0.25, 0.3) is 0 Å². The molecule has 0 bridgehead atoms. The van der Waals surface area contributed by atoms with Crippen LogP contribution in [0.2, 0.25) is 0 Å². The van der Waals surface area contributed by atoms with Gasteiger partial charge in [0.2, 0.25) is 0 Å². The molecule has 0 amide bonds. The van der Waals surface area contributed by atoms with E-state index in [0.29, 0.717) is 0 Å². The van der Waals surface area contributed by atoms with Crippen LogP contribution in [0.4, 0.5) is 0 Å². The van der Waals surface area contributed by atoms with Gasteiger partial charge in [0.1, 0.15) is 31.0 Å². The summed E-state index contributed by atoms with van der Waals surface area (Å²) in [6.07, 6.45) is -11.9. The Morgan fingerprint density at radius 1 is 0.639 bits per heavy atom. The molecular weight excluding hydrogens is 792 g/mol. The van der Waals surface area contributed by atoms with Crippen molar-refractivity contribution in [3.63, 3.8) is 0 Å². The van der Waals surface area contributed by atoms with E-state index < -0.39 is 98.2 Å². The van der Waals surface area contributed by atoms with Crippen LogP contribution in [0.5, 0.6) is 0 Å². The molecular formula is C46H46O15. The molecule has 0 radical (unpaired) electrons. The number of benzene rings is 4. The molecule has 15 heteroatoms. The maximum Gasteiger partial charge on any atom is 0.338 e. The molecule has 0 aromatic heterocycles. The quantitative estimate of drug-likeness (QED) is 0.0848. The Hall–Kier alpha value is -5.78. The van der Waals surface area contributed by atoms with Crippen LogP contribution in [0.1, 0.15) is 49.9 Å². The molecule has 0 spiro atoms. The van der Waals surface area contributed by atoms with Gasteiger partial charge in [0.15, 0.2) is 43.3 Å². The smallest absolute Gasteiger partial charge is 0.338 e. The lowest BCUT2D eigenvalue weighted by Crippen LogP contribution is -2.67. The lowest BCUT2D eigenvalue weighted by atomic mass is 9.95. The van der Waals surface area contributed by atoms with Crippen LogP contribution in [-0.2, 0) is 56.9 Å². The van der Waals surface area contributed by atoms with Gasteiger partial charge < -0.3 is 52.1 Å². The fourth-order valence-electron chi connectivity index (χ4n) is 7.25. The van der Waals surface area contributed by atoms with Gasteiger partial charge in [-0.3, -0.25) is 4.79 Å². The second-order valence-electron chi connectivity index (χ2n) is 14.2. The normalized spacial score (nSPS) is 28.3. The first-order valence-electron chi connectivity index (χ1n) is 19.7. The Bertz CT molecular complexity index is 2070. The Morgan fingerprint density at radius 2 is 1.20 bits per heavy atom. The summed E-state index contributed by atoms with van der Waals surface area (Å²) in [6, 6.07) is 33.8.